The number of ether oxygens (including phenoxy) is 1. The maximum Gasteiger partial charge on any atom is 0.262 e. The van der Waals surface area contributed by atoms with Gasteiger partial charge in [-0.25, -0.2) is 4.98 Å². The first-order chi connectivity index (χ1) is 33.8. The zero-order valence-corrected chi connectivity index (χ0v) is 42.4. The lowest BCUT2D eigenvalue weighted by molar-refractivity contribution is -0.136. The third-order valence-corrected chi connectivity index (χ3v) is 16.6. The van der Waals surface area contributed by atoms with Gasteiger partial charge in [-0.3, -0.25) is 44.3 Å². The lowest BCUT2D eigenvalue weighted by atomic mass is 9.99. The zero-order chi connectivity index (χ0) is 48.8. The summed E-state index contributed by atoms with van der Waals surface area (Å²) in [6.45, 7) is 14.5. The molecule has 3 aromatic carbocycles. The Kier molecular flexibility index (Phi) is 13.4. The molecule has 4 amide bonds. The van der Waals surface area contributed by atoms with Gasteiger partial charge in [0.2, 0.25) is 17.8 Å². The number of imide groups is 2. The molecule has 1 unspecified atom stereocenters. The van der Waals surface area contributed by atoms with Gasteiger partial charge in [-0.2, -0.15) is 4.98 Å². The number of hydrogen-bond donors (Lipinski definition) is 3. The number of hydrogen-bond acceptors (Lipinski definition) is 16. The third kappa shape index (κ3) is 9.48. The van der Waals surface area contributed by atoms with Gasteiger partial charge in [0.15, 0.2) is 0 Å². The quantitative estimate of drug-likeness (QED) is 0.0916. The molecule has 5 aromatic rings. The molecule has 70 heavy (non-hydrogen) atoms. The topological polar surface area (TPSA) is 198 Å². The lowest BCUT2D eigenvalue weighted by Gasteiger charge is -2.44. The molecule has 0 saturated carbocycles. The van der Waals surface area contributed by atoms with Gasteiger partial charge in [0, 0.05) is 107 Å². The monoisotopic (exact) mass is 1030 g/mol. The van der Waals surface area contributed by atoms with Crippen molar-refractivity contribution in [3.05, 3.63) is 82.2 Å². The number of piperidine rings is 2. The molecule has 2 aromatic heterocycles. The van der Waals surface area contributed by atoms with E-state index in [2.05, 4.69) is 85.5 Å². The number of aryl methyl sites for hydroxylation is 1. The van der Waals surface area contributed by atoms with Gasteiger partial charge in [-0.1, -0.05) is 6.92 Å². The molecule has 3 N–H and O–H groups in total. The molecule has 18 nitrogen and oxygen atoms in total. The van der Waals surface area contributed by atoms with Gasteiger partial charge in [-0.15, -0.1) is 0 Å². The average molecular weight is 1030 g/mol. The molecule has 2 atom stereocenters. The summed E-state index contributed by atoms with van der Waals surface area (Å²) in [5.74, 6) is 0.130. The van der Waals surface area contributed by atoms with Gasteiger partial charge in [0.25, 0.3) is 11.8 Å². The van der Waals surface area contributed by atoms with Crippen LogP contribution in [-0.2, 0) is 20.6 Å². The normalized spacial score (nSPS) is 20.6. The van der Waals surface area contributed by atoms with E-state index in [1.54, 1.807) is 51.2 Å². The van der Waals surface area contributed by atoms with Gasteiger partial charge >= 0.3 is 0 Å². The Morgan fingerprint density at radius 2 is 1.59 bits per heavy atom. The number of aromatic nitrogens is 4. The number of fused-ring (bicyclic) bond motifs is 2. The molecule has 20 heteroatoms. The summed E-state index contributed by atoms with van der Waals surface area (Å²) in [4.78, 5) is 80.3. The van der Waals surface area contributed by atoms with Crippen LogP contribution in [0.25, 0.3) is 11.0 Å². The fraction of sp³-hybridized carbons (Fsp3) is 0.440. The Morgan fingerprint density at radius 3 is 2.33 bits per heavy atom. The zero-order valence-electron chi connectivity index (χ0n) is 39.9. The SMILES string of the molecule is CCc1cc(Nc2ncc(Br)c(Nc3ccc4nccnc4c3P(C)(C)=O)n2)c(OC)cc1N1CCC(N2CCN(C[C@H]3CCN(c4ccc5c(c4)C(=O)N(C4CCC(=O)NC4=O)C5=O)C3)CC2)CC1. The van der Waals surface area contributed by atoms with Crippen LogP contribution < -0.4 is 35.8 Å². The molecular weight excluding hydrogens is 976 g/mol. The lowest BCUT2D eigenvalue weighted by Crippen LogP contribution is -2.54. The van der Waals surface area contributed by atoms with Crippen LogP contribution >= 0.6 is 23.1 Å². The van der Waals surface area contributed by atoms with Gasteiger partial charge in [0.1, 0.15) is 30.3 Å². The number of halogens is 1. The molecule has 10 rings (SSSR count). The Hall–Kier alpha value is -6.01. The van der Waals surface area contributed by atoms with Crippen LogP contribution in [0.15, 0.2) is 65.5 Å². The second kappa shape index (κ2) is 19.6. The number of methoxy groups -OCH3 is 1. The van der Waals surface area contributed by atoms with Crippen LogP contribution in [0.1, 0.15) is 65.3 Å². The third-order valence-electron chi connectivity index (χ3n) is 14.5. The fourth-order valence-corrected chi connectivity index (χ4v) is 12.6. The molecule has 5 aliphatic heterocycles. The first-order valence-electron chi connectivity index (χ1n) is 24.1. The Labute approximate surface area is 415 Å². The maximum atomic E-state index is 13.6. The molecule has 4 fully saturated rings. The van der Waals surface area contributed by atoms with Crippen molar-refractivity contribution >= 4 is 97.6 Å². The minimum absolute atomic E-state index is 0.0951. The highest BCUT2D eigenvalue weighted by atomic mass is 79.9. The number of benzene rings is 3. The number of rotatable bonds is 13. The maximum absolute atomic E-state index is 13.6. The van der Waals surface area contributed by atoms with E-state index in [1.165, 1.54) is 11.3 Å². The predicted octanol–water partition coefficient (Wildman–Crippen LogP) is 6.00. The Balaban J connectivity index is 0.722. The van der Waals surface area contributed by atoms with Crippen LogP contribution in [-0.4, -0.2) is 150 Å². The number of carbonyl (C=O) groups excluding carboxylic acids is 4. The van der Waals surface area contributed by atoms with E-state index in [-0.39, 0.29) is 18.7 Å². The molecule has 7 heterocycles. The summed E-state index contributed by atoms with van der Waals surface area (Å²) in [6, 6.07) is 13.0. The summed E-state index contributed by atoms with van der Waals surface area (Å²) in [6.07, 6.45) is 9.21. The molecule has 366 valence electrons. The molecule has 0 spiro atoms. The van der Waals surface area contributed by atoms with Crippen molar-refractivity contribution in [1.82, 2.24) is 40.0 Å². The summed E-state index contributed by atoms with van der Waals surface area (Å²) in [5, 5.41) is 9.67. The highest BCUT2D eigenvalue weighted by molar-refractivity contribution is 9.10. The standard InChI is InChI=1S/C50H58BrN12O6P/c1-5-31-24-39(56-50-54-27-36(51)46(58-50)55-38-9-8-37-44(53-16-15-52-37)45(38)70(3,4)68)42(69-2)26-41(31)61-18-13-32(14-19-61)60-22-20-59(21-23-60)28-30-12-17-62(29-30)33-6-7-34-35(25-33)49(67)63(48(34)66)40-10-11-43(64)57-47(40)65/h6-9,15-16,24-27,30,32,40H,5,10-14,17-23,28-29H2,1-4H3,(H,57,64,65)(H2,54,55,56,58)/t30-,40?/m1/s1. The second-order valence-corrected chi connectivity index (χ2v) is 23.2. The van der Waals surface area contributed by atoms with Crippen molar-refractivity contribution in [3.63, 3.8) is 0 Å². The van der Waals surface area contributed by atoms with Crippen molar-refractivity contribution in [3.8, 4) is 5.75 Å². The first kappa shape index (κ1) is 47.7. The Morgan fingerprint density at radius 1 is 0.829 bits per heavy atom. The van der Waals surface area contributed by atoms with Crippen molar-refractivity contribution in [2.24, 2.45) is 5.92 Å². The van der Waals surface area contributed by atoms with E-state index < -0.39 is 30.9 Å². The number of nitrogens with zero attached hydrogens (tertiary/aromatic N) is 9. The van der Waals surface area contributed by atoms with E-state index in [4.69, 9.17) is 9.72 Å². The van der Waals surface area contributed by atoms with Crippen LogP contribution in [0.4, 0.5) is 34.5 Å². The van der Waals surface area contributed by atoms with Crippen molar-refractivity contribution in [1.29, 1.82) is 0 Å². The summed E-state index contributed by atoms with van der Waals surface area (Å²) < 4.78 is 20.2. The highest BCUT2D eigenvalue weighted by Gasteiger charge is 2.45. The van der Waals surface area contributed by atoms with Crippen LogP contribution in [0.3, 0.4) is 0 Å². The van der Waals surface area contributed by atoms with Gasteiger partial charge in [-0.05, 0) is 109 Å². The molecule has 4 saturated heterocycles. The number of carbonyl (C=O) groups is 4. The second-order valence-electron chi connectivity index (χ2n) is 19.2. The molecule has 0 bridgehead atoms. The number of anilines is 6. The molecule has 5 aliphatic rings. The van der Waals surface area contributed by atoms with Crippen molar-refractivity contribution in [2.45, 2.75) is 57.5 Å². The number of nitrogens with one attached hydrogen (secondary N) is 3. The van der Waals surface area contributed by atoms with E-state index in [9.17, 15) is 23.7 Å². The van der Waals surface area contributed by atoms with E-state index in [0.29, 0.717) is 67.1 Å². The Bertz CT molecular complexity index is 2940. The molecule has 0 aliphatic carbocycles. The average Bonchev–Trinajstić information content (AvgIpc) is 3.92. The number of piperazine rings is 1. The number of amides is 4. The summed E-state index contributed by atoms with van der Waals surface area (Å²) in [7, 11) is -1.10. The van der Waals surface area contributed by atoms with Crippen LogP contribution in [0.5, 0.6) is 5.75 Å². The minimum Gasteiger partial charge on any atom is -0.494 e. The van der Waals surface area contributed by atoms with Crippen molar-refractivity contribution < 1.29 is 28.5 Å². The molecular formula is C50H58BrN12O6P. The predicted molar refractivity (Wildman–Crippen MR) is 274 cm³/mol. The van der Waals surface area contributed by atoms with Gasteiger partial charge in [0.05, 0.1) is 44.9 Å². The first-order valence-corrected chi connectivity index (χ1v) is 27.5. The molecule has 0 radical (unpaired) electrons. The van der Waals surface area contributed by atoms with Crippen LogP contribution in [0.2, 0.25) is 0 Å². The summed E-state index contributed by atoms with van der Waals surface area (Å²) in [5.41, 5.74) is 6.60. The van der Waals surface area contributed by atoms with Gasteiger partial charge < -0.3 is 34.6 Å². The highest BCUT2D eigenvalue weighted by Crippen LogP contribution is 2.42. The van der Waals surface area contributed by atoms with Crippen molar-refractivity contribution in [2.75, 3.05) is 99.8 Å². The van der Waals surface area contributed by atoms with E-state index in [1.807, 2.05) is 18.2 Å². The summed E-state index contributed by atoms with van der Waals surface area (Å²) >= 11 is 3.60. The fourth-order valence-electron chi connectivity index (χ4n) is 10.9. The minimum atomic E-state index is -2.78. The van der Waals surface area contributed by atoms with E-state index in [0.717, 1.165) is 101 Å². The smallest absolute Gasteiger partial charge is 0.262 e. The van der Waals surface area contributed by atoms with E-state index >= 15 is 0 Å². The van der Waals surface area contributed by atoms with Crippen LogP contribution in [0, 0.1) is 5.92 Å². The largest absolute Gasteiger partial charge is 0.494 e.